The van der Waals surface area contributed by atoms with Gasteiger partial charge in [0.25, 0.3) is 0 Å². The summed E-state index contributed by atoms with van der Waals surface area (Å²) in [6, 6.07) is 47.2. The highest BCUT2D eigenvalue weighted by Gasteiger charge is 2.25. The van der Waals surface area contributed by atoms with E-state index in [2.05, 4.69) is 71.6 Å². The fourth-order valence-electron chi connectivity index (χ4n) is 4.86. The Morgan fingerprint density at radius 2 is 0.947 bits per heavy atom. The minimum atomic E-state index is 0.682. The highest BCUT2D eigenvalue weighted by Crippen LogP contribution is 2.50. The Kier molecular flexibility index (Phi) is 5.41. The van der Waals surface area contributed by atoms with Gasteiger partial charge in [-0.05, 0) is 42.5 Å². The lowest BCUT2D eigenvalue weighted by Crippen LogP contribution is -2.15. The summed E-state index contributed by atoms with van der Waals surface area (Å²) in [5, 5.41) is 0. The summed E-state index contributed by atoms with van der Waals surface area (Å²) in [6.45, 7) is 0. The van der Waals surface area contributed by atoms with Gasteiger partial charge >= 0.3 is 0 Å². The molecule has 0 fully saturated rings. The number of hydrogen-bond acceptors (Lipinski definition) is 4. The molecule has 5 aromatic carbocycles. The second kappa shape index (κ2) is 9.34. The van der Waals surface area contributed by atoms with E-state index in [1.54, 1.807) is 0 Å². The Morgan fingerprint density at radius 3 is 1.53 bits per heavy atom. The maximum atomic E-state index is 6.21. The van der Waals surface area contributed by atoms with E-state index in [0.717, 1.165) is 56.6 Å². The SMILES string of the molecule is c1ccc(-c2cc(-c3ccccc3)nc(-c3cccc(N4c5ccccc5Oc5ccccc54)c3)n2)cc1. The molecule has 1 aromatic heterocycles. The van der Waals surface area contributed by atoms with Crippen LogP contribution in [0.3, 0.4) is 0 Å². The molecule has 0 bridgehead atoms. The summed E-state index contributed by atoms with van der Waals surface area (Å²) in [5.74, 6) is 2.33. The van der Waals surface area contributed by atoms with E-state index < -0.39 is 0 Å². The van der Waals surface area contributed by atoms with Crippen molar-refractivity contribution in [1.29, 1.82) is 0 Å². The van der Waals surface area contributed by atoms with E-state index in [0.29, 0.717) is 5.82 Å². The van der Waals surface area contributed by atoms with Crippen molar-refractivity contribution in [2.75, 3.05) is 4.90 Å². The van der Waals surface area contributed by atoms with Crippen molar-refractivity contribution in [3.63, 3.8) is 0 Å². The van der Waals surface area contributed by atoms with Gasteiger partial charge in [-0.25, -0.2) is 9.97 Å². The Labute approximate surface area is 221 Å². The highest BCUT2D eigenvalue weighted by molar-refractivity contribution is 5.87. The number of nitrogens with zero attached hydrogens (tertiary/aromatic N) is 3. The normalized spacial score (nSPS) is 11.8. The minimum absolute atomic E-state index is 0.682. The van der Waals surface area contributed by atoms with Gasteiger partial charge in [-0.2, -0.15) is 0 Å². The lowest BCUT2D eigenvalue weighted by Gasteiger charge is -2.32. The number of anilines is 3. The standard InChI is InChI=1S/C34H23N3O/c1-3-12-24(13-4-1)28-23-29(25-14-5-2-6-15-25)36-34(35-28)26-16-11-17-27(22-26)37-30-18-7-9-20-32(30)38-33-21-10-8-19-31(33)37/h1-23H. The van der Waals surface area contributed by atoms with Gasteiger partial charge in [-0.3, -0.25) is 0 Å². The molecule has 180 valence electrons. The smallest absolute Gasteiger partial charge is 0.160 e. The van der Waals surface area contributed by atoms with E-state index in [1.165, 1.54) is 0 Å². The Morgan fingerprint density at radius 1 is 0.447 bits per heavy atom. The molecule has 0 spiro atoms. The minimum Gasteiger partial charge on any atom is -0.453 e. The van der Waals surface area contributed by atoms with Crippen LogP contribution in [-0.2, 0) is 0 Å². The number of hydrogen-bond donors (Lipinski definition) is 0. The Bertz CT molecular complexity index is 1650. The third-order valence-corrected chi connectivity index (χ3v) is 6.66. The van der Waals surface area contributed by atoms with Gasteiger partial charge in [0.15, 0.2) is 17.3 Å². The van der Waals surface area contributed by atoms with Gasteiger partial charge in [0.2, 0.25) is 0 Å². The van der Waals surface area contributed by atoms with E-state index in [4.69, 9.17) is 14.7 Å². The van der Waals surface area contributed by atoms with Crippen molar-refractivity contribution < 1.29 is 4.74 Å². The molecule has 0 unspecified atom stereocenters. The van der Waals surface area contributed by atoms with Crippen molar-refractivity contribution in [2.24, 2.45) is 0 Å². The number of rotatable bonds is 4. The van der Waals surface area contributed by atoms with Gasteiger partial charge in [-0.1, -0.05) is 97.1 Å². The van der Waals surface area contributed by atoms with Crippen LogP contribution in [0.25, 0.3) is 33.9 Å². The number of ether oxygens (including phenoxy) is 1. The predicted octanol–water partition coefficient (Wildman–Crippen LogP) is 9.05. The third-order valence-electron chi connectivity index (χ3n) is 6.66. The molecule has 4 heteroatoms. The molecular weight excluding hydrogens is 466 g/mol. The van der Waals surface area contributed by atoms with Crippen molar-refractivity contribution in [2.45, 2.75) is 0 Å². The topological polar surface area (TPSA) is 38.2 Å². The van der Waals surface area contributed by atoms with E-state index >= 15 is 0 Å². The number of para-hydroxylation sites is 4. The first kappa shape index (κ1) is 22.0. The Balaban J connectivity index is 1.39. The average Bonchev–Trinajstić information content (AvgIpc) is 3.00. The zero-order valence-corrected chi connectivity index (χ0v) is 20.5. The second-order valence-electron chi connectivity index (χ2n) is 9.12. The third kappa shape index (κ3) is 3.98. The van der Waals surface area contributed by atoms with Crippen LogP contribution < -0.4 is 9.64 Å². The van der Waals surface area contributed by atoms with Crippen molar-refractivity contribution in [3.05, 3.63) is 140 Å². The molecule has 0 atom stereocenters. The number of aromatic nitrogens is 2. The largest absolute Gasteiger partial charge is 0.453 e. The predicted molar refractivity (Wildman–Crippen MR) is 153 cm³/mol. The van der Waals surface area contributed by atoms with Gasteiger partial charge in [0.05, 0.1) is 22.8 Å². The second-order valence-corrected chi connectivity index (χ2v) is 9.12. The molecule has 0 N–H and O–H groups in total. The van der Waals surface area contributed by atoms with Crippen LogP contribution >= 0.6 is 0 Å². The molecule has 7 rings (SSSR count). The lowest BCUT2D eigenvalue weighted by atomic mass is 10.1. The van der Waals surface area contributed by atoms with Crippen LogP contribution in [-0.4, -0.2) is 9.97 Å². The summed E-state index contributed by atoms with van der Waals surface area (Å²) in [7, 11) is 0. The monoisotopic (exact) mass is 489 g/mol. The number of benzene rings is 5. The molecule has 0 aliphatic carbocycles. The zero-order valence-electron chi connectivity index (χ0n) is 20.5. The lowest BCUT2D eigenvalue weighted by molar-refractivity contribution is 0.477. The van der Waals surface area contributed by atoms with Crippen LogP contribution in [0.5, 0.6) is 11.5 Å². The first-order valence-electron chi connectivity index (χ1n) is 12.6. The fraction of sp³-hybridized carbons (Fsp3) is 0. The summed E-state index contributed by atoms with van der Waals surface area (Å²) >= 11 is 0. The zero-order chi connectivity index (χ0) is 25.3. The van der Waals surface area contributed by atoms with Crippen LogP contribution in [0.4, 0.5) is 17.1 Å². The van der Waals surface area contributed by atoms with Crippen molar-refractivity contribution in [1.82, 2.24) is 9.97 Å². The molecule has 1 aliphatic heterocycles. The Hall–Kier alpha value is -5.22. The maximum Gasteiger partial charge on any atom is 0.160 e. The van der Waals surface area contributed by atoms with Gasteiger partial charge in [-0.15, -0.1) is 0 Å². The van der Waals surface area contributed by atoms with Gasteiger partial charge in [0.1, 0.15) is 0 Å². The number of fused-ring (bicyclic) bond motifs is 2. The molecule has 0 amide bonds. The first-order chi connectivity index (χ1) is 18.8. The average molecular weight is 490 g/mol. The highest BCUT2D eigenvalue weighted by atomic mass is 16.5. The summed E-state index contributed by atoms with van der Waals surface area (Å²) in [5.41, 5.74) is 7.84. The van der Waals surface area contributed by atoms with Crippen molar-refractivity contribution >= 4 is 17.1 Å². The summed E-state index contributed by atoms with van der Waals surface area (Å²) < 4.78 is 6.21. The molecule has 4 nitrogen and oxygen atoms in total. The molecule has 38 heavy (non-hydrogen) atoms. The molecule has 0 radical (unpaired) electrons. The van der Waals surface area contributed by atoms with Crippen LogP contribution in [0.15, 0.2) is 140 Å². The first-order valence-corrected chi connectivity index (χ1v) is 12.6. The van der Waals surface area contributed by atoms with E-state index in [9.17, 15) is 0 Å². The molecule has 0 saturated carbocycles. The summed E-state index contributed by atoms with van der Waals surface area (Å²) in [4.78, 5) is 12.3. The van der Waals surface area contributed by atoms with Gasteiger partial charge < -0.3 is 9.64 Å². The molecule has 2 heterocycles. The summed E-state index contributed by atoms with van der Waals surface area (Å²) in [6.07, 6.45) is 0. The fourth-order valence-corrected chi connectivity index (χ4v) is 4.86. The van der Waals surface area contributed by atoms with Crippen LogP contribution in [0.1, 0.15) is 0 Å². The maximum absolute atomic E-state index is 6.21. The van der Waals surface area contributed by atoms with Crippen LogP contribution in [0.2, 0.25) is 0 Å². The molecular formula is C34H23N3O. The van der Waals surface area contributed by atoms with Crippen molar-refractivity contribution in [3.8, 4) is 45.4 Å². The molecule has 1 aliphatic rings. The van der Waals surface area contributed by atoms with Crippen LogP contribution in [0, 0.1) is 0 Å². The van der Waals surface area contributed by atoms with Gasteiger partial charge in [0, 0.05) is 22.4 Å². The molecule has 6 aromatic rings. The van der Waals surface area contributed by atoms with E-state index in [-0.39, 0.29) is 0 Å². The quantitative estimate of drug-likeness (QED) is 0.247. The molecule has 0 saturated heterocycles. The van der Waals surface area contributed by atoms with E-state index in [1.807, 2.05) is 72.8 Å².